The summed E-state index contributed by atoms with van der Waals surface area (Å²) in [4.78, 5) is 13.2. The number of hydrogen-bond acceptors (Lipinski definition) is 4. The third kappa shape index (κ3) is 4.23. The Morgan fingerprint density at radius 2 is 1.91 bits per heavy atom. The summed E-state index contributed by atoms with van der Waals surface area (Å²) in [5, 5.41) is 0. The third-order valence-electron chi connectivity index (χ3n) is 4.03. The molecule has 6 nitrogen and oxygen atoms in total. The fourth-order valence-corrected chi connectivity index (χ4v) is 4.25. The minimum atomic E-state index is -3.47. The van der Waals surface area contributed by atoms with Gasteiger partial charge in [-0.3, -0.25) is 4.79 Å². The molecule has 128 valence electrons. The van der Waals surface area contributed by atoms with Gasteiger partial charge in [-0.2, -0.15) is 4.31 Å². The lowest BCUT2D eigenvalue weighted by Crippen LogP contribution is -2.41. The van der Waals surface area contributed by atoms with Crippen molar-refractivity contribution in [1.82, 2.24) is 9.21 Å². The molecule has 1 aliphatic heterocycles. The van der Waals surface area contributed by atoms with Crippen molar-refractivity contribution < 1.29 is 17.9 Å². The van der Waals surface area contributed by atoms with Crippen LogP contribution in [0.4, 0.5) is 0 Å². The maximum absolute atomic E-state index is 12.7. The molecule has 1 aromatic rings. The number of sulfonamides is 1. The Morgan fingerprint density at radius 1 is 1.26 bits per heavy atom. The van der Waals surface area contributed by atoms with Gasteiger partial charge in [0.2, 0.25) is 10.0 Å². The summed E-state index contributed by atoms with van der Waals surface area (Å²) in [5.41, 5.74) is 0. The highest BCUT2D eigenvalue weighted by Gasteiger charge is 2.30. The van der Waals surface area contributed by atoms with Gasteiger partial charge in [-0.1, -0.05) is 6.42 Å². The van der Waals surface area contributed by atoms with Crippen LogP contribution in [0.1, 0.15) is 26.2 Å². The van der Waals surface area contributed by atoms with E-state index in [4.69, 9.17) is 4.74 Å². The summed E-state index contributed by atoms with van der Waals surface area (Å²) in [5.74, 6) is 0.328. The van der Waals surface area contributed by atoms with Crippen LogP contribution in [0.25, 0.3) is 0 Å². The maximum atomic E-state index is 12.7. The number of likely N-dealkylation sites (N-methyl/N-ethyl adjacent to an activating group) is 1. The van der Waals surface area contributed by atoms with Gasteiger partial charge in [0.05, 0.1) is 4.90 Å². The van der Waals surface area contributed by atoms with E-state index in [1.54, 1.807) is 30.5 Å². The molecule has 0 aromatic heterocycles. The number of hydrogen-bond donors (Lipinski definition) is 0. The van der Waals surface area contributed by atoms with Crippen molar-refractivity contribution in [3.8, 4) is 5.75 Å². The van der Waals surface area contributed by atoms with E-state index < -0.39 is 10.0 Å². The average molecular weight is 340 g/mol. The molecule has 0 saturated carbocycles. The topological polar surface area (TPSA) is 66.9 Å². The van der Waals surface area contributed by atoms with E-state index in [1.807, 2.05) is 6.92 Å². The number of piperidine rings is 1. The molecule has 0 aliphatic carbocycles. The SMILES string of the molecule is CC1CCCCN1S(=O)(=O)c1ccc(OCC(=O)N(C)C)cc1. The van der Waals surface area contributed by atoms with E-state index in [0.29, 0.717) is 12.3 Å². The molecular formula is C16H24N2O4S. The molecule has 1 atom stereocenters. The molecule has 23 heavy (non-hydrogen) atoms. The van der Waals surface area contributed by atoms with Gasteiger partial charge in [-0.25, -0.2) is 8.42 Å². The number of nitrogens with zero attached hydrogens (tertiary/aromatic N) is 2. The number of benzene rings is 1. The molecule has 1 aliphatic rings. The summed E-state index contributed by atoms with van der Waals surface area (Å²) >= 11 is 0. The first kappa shape index (κ1) is 17.7. The molecule has 1 unspecified atom stereocenters. The Bertz CT molecular complexity index is 641. The summed E-state index contributed by atoms with van der Waals surface area (Å²) < 4.78 is 32.3. The number of carbonyl (C=O) groups excluding carboxylic acids is 1. The lowest BCUT2D eigenvalue weighted by atomic mass is 10.1. The molecule has 1 saturated heterocycles. The molecule has 0 N–H and O–H groups in total. The molecule has 1 fully saturated rings. The van der Waals surface area contributed by atoms with E-state index in [2.05, 4.69) is 0 Å². The molecule has 7 heteroatoms. The average Bonchev–Trinajstić information content (AvgIpc) is 2.53. The Morgan fingerprint density at radius 3 is 2.48 bits per heavy atom. The van der Waals surface area contributed by atoms with Crippen molar-refractivity contribution in [3.05, 3.63) is 24.3 Å². The number of rotatable bonds is 5. The van der Waals surface area contributed by atoms with Crippen molar-refractivity contribution in [2.75, 3.05) is 27.2 Å². The molecule has 0 spiro atoms. The van der Waals surface area contributed by atoms with Gasteiger partial charge in [0, 0.05) is 26.7 Å². The summed E-state index contributed by atoms with van der Waals surface area (Å²) in [6.45, 7) is 2.45. The van der Waals surface area contributed by atoms with Crippen molar-refractivity contribution in [2.24, 2.45) is 0 Å². The maximum Gasteiger partial charge on any atom is 0.259 e. The van der Waals surface area contributed by atoms with Crippen LogP contribution in [0.5, 0.6) is 5.75 Å². The van der Waals surface area contributed by atoms with Crippen LogP contribution in [-0.2, 0) is 14.8 Å². The van der Waals surface area contributed by atoms with Gasteiger partial charge in [-0.15, -0.1) is 0 Å². The predicted molar refractivity (Wildman–Crippen MR) is 87.8 cm³/mol. The van der Waals surface area contributed by atoms with Crippen LogP contribution >= 0.6 is 0 Å². The Hall–Kier alpha value is -1.60. The van der Waals surface area contributed by atoms with Crippen molar-refractivity contribution in [1.29, 1.82) is 0 Å². The second-order valence-corrected chi connectivity index (χ2v) is 7.90. The highest BCUT2D eigenvalue weighted by atomic mass is 32.2. The van der Waals surface area contributed by atoms with Gasteiger partial charge in [-0.05, 0) is 44.0 Å². The zero-order chi connectivity index (χ0) is 17.0. The first-order chi connectivity index (χ1) is 10.8. The van der Waals surface area contributed by atoms with Gasteiger partial charge in [0.25, 0.3) is 5.91 Å². The predicted octanol–water partition coefficient (Wildman–Crippen LogP) is 1.72. The zero-order valence-corrected chi connectivity index (χ0v) is 14.7. The fraction of sp³-hybridized carbons (Fsp3) is 0.562. The minimum Gasteiger partial charge on any atom is -0.484 e. The quantitative estimate of drug-likeness (QED) is 0.818. The van der Waals surface area contributed by atoms with Crippen LogP contribution in [0.3, 0.4) is 0 Å². The van der Waals surface area contributed by atoms with Crippen LogP contribution in [0.15, 0.2) is 29.2 Å². The third-order valence-corrected chi connectivity index (χ3v) is 6.06. The molecule has 0 radical (unpaired) electrons. The van der Waals surface area contributed by atoms with E-state index in [0.717, 1.165) is 19.3 Å². The summed E-state index contributed by atoms with van der Waals surface area (Å²) in [7, 11) is -0.162. The van der Waals surface area contributed by atoms with Crippen LogP contribution in [0, 0.1) is 0 Å². The van der Waals surface area contributed by atoms with Gasteiger partial charge >= 0.3 is 0 Å². The Balaban J connectivity index is 2.07. The van der Waals surface area contributed by atoms with E-state index in [9.17, 15) is 13.2 Å². The van der Waals surface area contributed by atoms with Gasteiger partial charge in [0.1, 0.15) is 5.75 Å². The normalized spacial score (nSPS) is 19.3. The molecular weight excluding hydrogens is 316 g/mol. The first-order valence-corrected chi connectivity index (χ1v) is 9.21. The van der Waals surface area contributed by atoms with Gasteiger partial charge < -0.3 is 9.64 Å². The molecule has 0 bridgehead atoms. The highest BCUT2D eigenvalue weighted by Crippen LogP contribution is 2.26. The van der Waals surface area contributed by atoms with Crippen LogP contribution in [-0.4, -0.2) is 56.8 Å². The molecule has 1 amide bonds. The largest absolute Gasteiger partial charge is 0.484 e. The van der Waals surface area contributed by atoms with Crippen LogP contribution < -0.4 is 4.74 Å². The summed E-state index contributed by atoms with van der Waals surface area (Å²) in [6, 6.07) is 6.27. The number of amides is 1. The molecule has 2 rings (SSSR count). The Kier molecular flexibility index (Phi) is 5.64. The van der Waals surface area contributed by atoms with Crippen LogP contribution in [0.2, 0.25) is 0 Å². The fourth-order valence-electron chi connectivity index (χ4n) is 2.55. The molecule has 1 aromatic carbocycles. The lowest BCUT2D eigenvalue weighted by molar-refractivity contribution is -0.130. The van der Waals surface area contributed by atoms with E-state index >= 15 is 0 Å². The summed E-state index contributed by atoms with van der Waals surface area (Å²) in [6.07, 6.45) is 2.87. The zero-order valence-electron chi connectivity index (χ0n) is 13.9. The van der Waals surface area contributed by atoms with Crippen molar-refractivity contribution in [3.63, 3.8) is 0 Å². The first-order valence-electron chi connectivity index (χ1n) is 7.77. The second kappa shape index (κ2) is 7.31. The second-order valence-electron chi connectivity index (χ2n) is 6.01. The lowest BCUT2D eigenvalue weighted by Gasteiger charge is -2.32. The van der Waals surface area contributed by atoms with Gasteiger partial charge in [0.15, 0.2) is 6.61 Å². The van der Waals surface area contributed by atoms with Crippen molar-refractivity contribution >= 4 is 15.9 Å². The monoisotopic (exact) mass is 340 g/mol. The van der Waals surface area contributed by atoms with Crippen molar-refractivity contribution in [2.45, 2.75) is 37.1 Å². The highest BCUT2D eigenvalue weighted by molar-refractivity contribution is 7.89. The molecule has 1 heterocycles. The van der Waals surface area contributed by atoms with E-state index in [-0.39, 0.29) is 23.5 Å². The standard InChI is InChI=1S/C16H24N2O4S/c1-13-6-4-5-11-18(13)23(20,21)15-9-7-14(8-10-15)22-12-16(19)17(2)3/h7-10,13H,4-6,11-12H2,1-3H3. The number of carbonyl (C=O) groups is 1. The minimum absolute atomic E-state index is 0.0300. The smallest absolute Gasteiger partial charge is 0.259 e. The van der Waals surface area contributed by atoms with E-state index in [1.165, 1.54) is 17.0 Å². The Labute approximate surface area is 138 Å². The number of ether oxygens (including phenoxy) is 1.